The van der Waals surface area contributed by atoms with Gasteiger partial charge in [-0.3, -0.25) is 4.98 Å². The number of halogens is 2. The molecule has 2 atom stereocenters. The molecule has 1 fully saturated rings. The van der Waals surface area contributed by atoms with Crippen LogP contribution in [0.25, 0.3) is 5.69 Å². The van der Waals surface area contributed by atoms with Gasteiger partial charge in [-0.05, 0) is 74.4 Å². The third-order valence-corrected chi connectivity index (χ3v) is 6.77. The Kier molecular flexibility index (Phi) is 7.05. The SMILES string of the molecule is COCCCN1C(=S)N[C@H](c2ccccn2)[C@H]1c1cc(C)n(-c2ccc(Cl)cc2Cl)c1C. The second kappa shape index (κ2) is 9.79. The number of nitrogens with zero attached hydrogens (tertiary/aromatic N) is 3. The molecule has 168 valence electrons. The highest BCUT2D eigenvalue weighted by Gasteiger charge is 2.41. The van der Waals surface area contributed by atoms with Gasteiger partial charge in [0.2, 0.25) is 0 Å². The Morgan fingerprint density at radius 1 is 1.16 bits per heavy atom. The van der Waals surface area contributed by atoms with E-state index in [9.17, 15) is 0 Å². The van der Waals surface area contributed by atoms with Gasteiger partial charge in [0.25, 0.3) is 0 Å². The first-order valence-corrected chi connectivity index (χ1v) is 11.7. The molecular formula is C24H26Cl2N4OS. The molecule has 1 saturated heterocycles. The second-order valence-electron chi connectivity index (χ2n) is 7.92. The molecule has 0 amide bonds. The molecular weight excluding hydrogens is 463 g/mol. The maximum atomic E-state index is 6.57. The average molecular weight is 489 g/mol. The minimum absolute atomic E-state index is 0.000261. The summed E-state index contributed by atoms with van der Waals surface area (Å²) in [6.45, 7) is 5.68. The maximum absolute atomic E-state index is 6.57. The molecule has 0 unspecified atom stereocenters. The van der Waals surface area contributed by atoms with Crippen LogP contribution in [-0.2, 0) is 4.74 Å². The summed E-state index contributed by atoms with van der Waals surface area (Å²) in [6.07, 6.45) is 2.70. The summed E-state index contributed by atoms with van der Waals surface area (Å²) in [4.78, 5) is 6.88. The van der Waals surface area contributed by atoms with Crippen LogP contribution in [0.2, 0.25) is 10.0 Å². The normalized spacial score (nSPS) is 18.3. The summed E-state index contributed by atoms with van der Waals surface area (Å²) in [6, 6.07) is 13.7. The maximum Gasteiger partial charge on any atom is 0.170 e. The van der Waals surface area contributed by atoms with Crippen LogP contribution in [0.4, 0.5) is 0 Å². The van der Waals surface area contributed by atoms with Gasteiger partial charge in [0.1, 0.15) is 0 Å². The van der Waals surface area contributed by atoms with E-state index in [0.29, 0.717) is 16.7 Å². The molecule has 4 rings (SSSR count). The molecule has 2 aromatic heterocycles. The molecule has 1 aliphatic rings. The van der Waals surface area contributed by atoms with Crippen molar-refractivity contribution in [2.45, 2.75) is 32.4 Å². The molecule has 1 aromatic carbocycles. The number of methoxy groups -OCH3 is 1. The Bertz CT molecular complexity index is 1120. The van der Waals surface area contributed by atoms with Gasteiger partial charge in [-0.15, -0.1) is 0 Å². The third kappa shape index (κ3) is 4.37. The second-order valence-corrected chi connectivity index (χ2v) is 9.15. The standard InChI is InChI=1S/C24H26Cl2N4OS/c1-15-13-18(16(2)30(15)21-9-8-17(25)14-19(21)26)23-22(20-7-4-5-10-27-20)28-24(32)29(23)11-6-12-31-3/h4-5,7-10,13-14,22-23H,6,11-12H2,1-3H3,(H,28,32)/t22-,23-/m1/s1. The fraction of sp³-hybridized carbons (Fsp3) is 0.333. The van der Waals surface area contributed by atoms with Crippen LogP contribution >= 0.6 is 35.4 Å². The Balaban J connectivity index is 1.80. The molecule has 0 saturated carbocycles. The molecule has 5 nitrogen and oxygen atoms in total. The molecule has 0 bridgehead atoms. The van der Waals surface area contributed by atoms with E-state index >= 15 is 0 Å². The number of benzene rings is 1. The number of rotatable bonds is 7. The highest BCUT2D eigenvalue weighted by Crippen LogP contribution is 2.42. The first-order chi connectivity index (χ1) is 15.4. The number of nitrogens with one attached hydrogen (secondary N) is 1. The summed E-state index contributed by atoms with van der Waals surface area (Å²) in [5.74, 6) is 0. The van der Waals surface area contributed by atoms with Gasteiger partial charge in [0.05, 0.1) is 28.5 Å². The lowest BCUT2D eigenvalue weighted by molar-refractivity contribution is 0.180. The van der Waals surface area contributed by atoms with E-state index < -0.39 is 0 Å². The van der Waals surface area contributed by atoms with Gasteiger partial charge in [0.15, 0.2) is 5.11 Å². The Morgan fingerprint density at radius 2 is 1.97 bits per heavy atom. The van der Waals surface area contributed by atoms with Crippen LogP contribution in [0.15, 0.2) is 48.7 Å². The zero-order chi connectivity index (χ0) is 22.8. The van der Waals surface area contributed by atoms with Crippen LogP contribution in [0.3, 0.4) is 0 Å². The first kappa shape index (κ1) is 23.1. The summed E-state index contributed by atoms with van der Waals surface area (Å²) < 4.78 is 7.46. The lowest BCUT2D eigenvalue weighted by atomic mass is 9.96. The minimum Gasteiger partial charge on any atom is -0.385 e. The summed E-state index contributed by atoms with van der Waals surface area (Å²) in [7, 11) is 1.72. The van der Waals surface area contributed by atoms with Crippen molar-refractivity contribution in [2.24, 2.45) is 0 Å². The van der Waals surface area contributed by atoms with Crippen molar-refractivity contribution in [2.75, 3.05) is 20.3 Å². The fourth-order valence-electron chi connectivity index (χ4n) is 4.48. The van der Waals surface area contributed by atoms with E-state index in [1.807, 2.05) is 36.5 Å². The van der Waals surface area contributed by atoms with Crippen molar-refractivity contribution in [1.82, 2.24) is 19.8 Å². The van der Waals surface area contributed by atoms with Crippen molar-refractivity contribution >= 4 is 40.5 Å². The largest absolute Gasteiger partial charge is 0.385 e. The summed E-state index contributed by atoms with van der Waals surface area (Å²) in [5.41, 5.74) is 5.26. The van der Waals surface area contributed by atoms with Gasteiger partial charge in [-0.25, -0.2) is 0 Å². The van der Waals surface area contributed by atoms with Crippen LogP contribution in [0.5, 0.6) is 0 Å². The van der Waals surface area contributed by atoms with Crippen molar-refractivity contribution in [3.05, 3.63) is 81.4 Å². The predicted molar refractivity (Wildman–Crippen MR) is 134 cm³/mol. The minimum atomic E-state index is -0.0547. The van der Waals surface area contributed by atoms with Crippen molar-refractivity contribution < 1.29 is 4.74 Å². The van der Waals surface area contributed by atoms with Crippen LogP contribution in [0, 0.1) is 13.8 Å². The number of aryl methyl sites for hydroxylation is 1. The Labute approximate surface area is 204 Å². The number of pyridine rings is 1. The lowest BCUT2D eigenvalue weighted by Crippen LogP contribution is -2.31. The molecule has 3 aromatic rings. The van der Waals surface area contributed by atoms with Crippen molar-refractivity contribution in [3.8, 4) is 5.69 Å². The predicted octanol–water partition coefficient (Wildman–Crippen LogP) is 5.80. The number of aromatic nitrogens is 2. The van der Waals surface area contributed by atoms with Gasteiger partial charge < -0.3 is 19.5 Å². The molecule has 0 aliphatic carbocycles. The van der Waals surface area contributed by atoms with Crippen molar-refractivity contribution in [3.63, 3.8) is 0 Å². The number of thiocarbonyl (C=S) groups is 1. The molecule has 32 heavy (non-hydrogen) atoms. The monoisotopic (exact) mass is 488 g/mol. The zero-order valence-corrected chi connectivity index (χ0v) is 20.6. The Morgan fingerprint density at radius 3 is 2.66 bits per heavy atom. The van der Waals surface area contributed by atoms with Gasteiger partial charge in [-0.1, -0.05) is 29.3 Å². The van der Waals surface area contributed by atoms with Crippen LogP contribution < -0.4 is 5.32 Å². The van der Waals surface area contributed by atoms with E-state index in [4.69, 9.17) is 40.2 Å². The van der Waals surface area contributed by atoms with Crippen LogP contribution in [0.1, 0.15) is 41.1 Å². The van der Waals surface area contributed by atoms with Gasteiger partial charge >= 0.3 is 0 Å². The van der Waals surface area contributed by atoms with E-state index in [0.717, 1.165) is 40.8 Å². The molecule has 1 N–H and O–H groups in total. The van der Waals surface area contributed by atoms with E-state index in [1.165, 1.54) is 5.56 Å². The van der Waals surface area contributed by atoms with Crippen LogP contribution in [-0.4, -0.2) is 39.8 Å². The summed E-state index contributed by atoms with van der Waals surface area (Å²) >= 11 is 18.5. The molecule has 0 spiro atoms. The number of hydrogen-bond donors (Lipinski definition) is 1. The highest BCUT2D eigenvalue weighted by molar-refractivity contribution is 7.80. The van der Waals surface area contributed by atoms with E-state index in [1.54, 1.807) is 13.2 Å². The van der Waals surface area contributed by atoms with Gasteiger partial charge in [-0.2, -0.15) is 0 Å². The fourth-order valence-corrected chi connectivity index (χ4v) is 5.31. The molecule has 3 heterocycles. The smallest absolute Gasteiger partial charge is 0.170 e. The highest BCUT2D eigenvalue weighted by atomic mass is 35.5. The van der Waals surface area contributed by atoms with Crippen molar-refractivity contribution in [1.29, 1.82) is 0 Å². The zero-order valence-electron chi connectivity index (χ0n) is 18.3. The van der Waals surface area contributed by atoms with Gasteiger partial charge in [0, 0.05) is 42.9 Å². The first-order valence-electron chi connectivity index (χ1n) is 10.5. The number of ether oxygens (including phenoxy) is 1. The summed E-state index contributed by atoms with van der Waals surface area (Å²) in [5, 5.41) is 5.48. The lowest BCUT2D eigenvalue weighted by Gasteiger charge is -2.28. The van der Waals surface area contributed by atoms with E-state index in [2.05, 4.69) is 39.7 Å². The third-order valence-electron chi connectivity index (χ3n) is 5.88. The van der Waals surface area contributed by atoms with E-state index in [-0.39, 0.29) is 12.1 Å². The Hall–Kier alpha value is -2.12. The molecule has 0 radical (unpaired) electrons. The average Bonchev–Trinajstić information content (AvgIpc) is 3.25. The number of hydrogen-bond acceptors (Lipinski definition) is 3. The molecule has 8 heteroatoms. The molecule has 1 aliphatic heterocycles. The topological polar surface area (TPSA) is 42.3 Å². The quantitative estimate of drug-likeness (QED) is 0.335.